The lowest BCUT2D eigenvalue weighted by Gasteiger charge is -2.16. The van der Waals surface area contributed by atoms with E-state index in [9.17, 15) is 9.90 Å². The molecule has 2 rings (SSSR count). The maximum atomic E-state index is 12.4. The van der Waals surface area contributed by atoms with Crippen LogP contribution < -0.4 is 10.6 Å². The monoisotopic (exact) mass is 408 g/mol. The van der Waals surface area contributed by atoms with Gasteiger partial charge in [-0.2, -0.15) is 0 Å². The molecule has 1 aliphatic rings. The third-order valence-electron chi connectivity index (χ3n) is 3.72. The Hall–Kier alpha value is -2.17. The lowest BCUT2D eigenvalue weighted by molar-refractivity contribution is 0.247. The van der Waals surface area contributed by atoms with Crippen molar-refractivity contribution < 1.29 is 9.90 Å². The van der Waals surface area contributed by atoms with Crippen LogP contribution in [0.15, 0.2) is 59.8 Å². The second-order valence-electron chi connectivity index (χ2n) is 5.49. The number of aromatic hydroxyl groups is 1. The second-order valence-corrected chi connectivity index (χ2v) is 6.47. The summed E-state index contributed by atoms with van der Waals surface area (Å²) in [5.74, 6) is 0.0773. The third kappa shape index (κ3) is 6.49. The Bertz CT molecular complexity index is 767. The van der Waals surface area contributed by atoms with Crippen molar-refractivity contribution in [1.29, 1.82) is 0 Å². The zero-order valence-electron chi connectivity index (χ0n) is 15.9. The minimum Gasteiger partial charge on any atom is -0.508 e. The van der Waals surface area contributed by atoms with E-state index in [0.717, 1.165) is 5.56 Å². The van der Waals surface area contributed by atoms with Crippen LogP contribution in [-0.4, -0.2) is 11.1 Å². The van der Waals surface area contributed by atoms with Crippen LogP contribution in [0, 0.1) is 0 Å². The first-order valence-electron chi connectivity index (χ1n) is 8.85. The molecule has 2 amide bonds. The summed E-state index contributed by atoms with van der Waals surface area (Å²) >= 11 is 12.8. The minimum absolute atomic E-state index is 0.0773. The van der Waals surface area contributed by atoms with Crippen molar-refractivity contribution in [2.24, 2.45) is 0 Å². The molecule has 0 bridgehead atoms. The fraction of sp³-hybridized carbons (Fsp3) is 0.286. The van der Waals surface area contributed by atoms with E-state index in [1.54, 1.807) is 30.4 Å². The molecule has 0 saturated heterocycles. The summed E-state index contributed by atoms with van der Waals surface area (Å²) < 4.78 is 0. The highest BCUT2D eigenvalue weighted by Gasteiger charge is 2.24. The number of carbonyl (C=O) groups is 1. The van der Waals surface area contributed by atoms with E-state index < -0.39 is 6.03 Å². The maximum absolute atomic E-state index is 12.4. The van der Waals surface area contributed by atoms with Crippen molar-refractivity contribution in [3.05, 3.63) is 70.9 Å². The summed E-state index contributed by atoms with van der Waals surface area (Å²) in [5, 5.41) is 15.5. The number of fused-ring (bicyclic) bond motifs is 1. The van der Waals surface area contributed by atoms with E-state index >= 15 is 0 Å². The molecule has 3 N–H and O–H groups in total. The van der Waals surface area contributed by atoms with Crippen molar-refractivity contribution in [1.82, 2.24) is 10.6 Å². The molecule has 0 aromatic heterocycles. The molecular weight excluding hydrogens is 383 g/mol. The predicted octanol–water partition coefficient (Wildman–Crippen LogP) is 6.34. The number of phenols is 1. The summed E-state index contributed by atoms with van der Waals surface area (Å²) in [4.78, 5) is 12.4. The van der Waals surface area contributed by atoms with Gasteiger partial charge in [0.05, 0.1) is 11.1 Å². The number of benzene rings is 1. The van der Waals surface area contributed by atoms with Gasteiger partial charge >= 0.3 is 6.03 Å². The van der Waals surface area contributed by atoms with Gasteiger partial charge in [-0.3, -0.25) is 0 Å². The summed E-state index contributed by atoms with van der Waals surface area (Å²) in [6.45, 7) is 9.54. The van der Waals surface area contributed by atoms with Crippen LogP contribution in [0.5, 0.6) is 5.75 Å². The number of alkyl halides is 1. The number of amides is 2. The molecule has 1 aliphatic carbocycles. The number of hydrogen-bond donors (Lipinski definition) is 3. The van der Waals surface area contributed by atoms with E-state index in [4.69, 9.17) is 23.2 Å². The molecule has 6 heteroatoms. The van der Waals surface area contributed by atoms with Gasteiger partial charge in [0.15, 0.2) is 0 Å². The van der Waals surface area contributed by atoms with Gasteiger partial charge in [0.2, 0.25) is 0 Å². The molecule has 1 atom stereocenters. The van der Waals surface area contributed by atoms with Gasteiger partial charge < -0.3 is 15.7 Å². The average Bonchev–Trinajstić information content (AvgIpc) is 2.78. The molecule has 0 aliphatic heterocycles. The van der Waals surface area contributed by atoms with Crippen LogP contribution in [0.25, 0.3) is 5.70 Å². The fourth-order valence-electron chi connectivity index (χ4n) is 2.49. The zero-order valence-corrected chi connectivity index (χ0v) is 17.4. The molecule has 0 fully saturated rings. The minimum atomic E-state index is -0.453. The normalized spacial score (nSPS) is 16.8. The Morgan fingerprint density at radius 2 is 2.07 bits per heavy atom. The first kappa shape index (κ1) is 22.9. The quantitative estimate of drug-likeness (QED) is 0.401. The SMILES string of the molecule is C=C/C(=C\C=C/C)NC(=O)NC1=C(Cl)CCC(Cl)c2ccc(O)cc21.CC. The van der Waals surface area contributed by atoms with Crippen molar-refractivity contribution in [2.75, 3.05) is 0 Å². The largest absolute Gasteiger partial charge is 0.508 e. The fourth-order valence-corrected chi connectivity index (χ4v) is 3.04. The van der Waals surface area contributed by atoms with Crippen molar-refractivity contribution in [3.8, 4) is 5.75 Å². The maximum Gasteiger partial charge on any atom is 0.323 e. The lowest BCUT2D eigenvalue weighted by atomic mass is 10.0. The van der Waals surface area contributed by atoms with Gasteiger partial charge in [0, 0.05) is 16.3 Å². The molecule has 27 heavy (non-hydrogen) atoms. The molecule has 146 valence electrons. The van der Waals surface area contributed by atoms with Crippen LogP contribution in [0.2, 0.25) is 0 Å². The van der Waals surface area contributed by atoms with E-state index in [1.165, 1.54) is 6.08 Å². The summed E-state index contributed by atoms with van der Waals surface area (Å²) in [6.07, 6.45) is 8.07. The first-order chi connectivity index (χ1) is 13.0. The van der Waals surface area contributed by atoms with Crippen molar-refractivity contribution in [3.63, 3.8) is 0 Å². The molecule has 1 aromatic rings. The van der Waals surface area contributed by atoms with Gasteiger partial charge in [-0.05, 0) is 49.6 Å². The zero-order chi connectivity index (χ0) is 20.4. The highest BCUT2D eigenvalue weighted by atomic mass is 35.5. The molecule has 0 spiro atoms. The number of urea groups is 1. The van der Waals surface area contributed by atoms with Crippen LogP contribution in [0.3, 0.4) is 0 Å². The molecule has 0 saturated carbocycles. The number of phenolic OH excluding ortho intramolecular Hbond substituents is 1. The standard InChI is InChI=1S/C19H20Cl2N2O2.C2H6/c1-3-5-6-12(4-2)22-19(25)23-18-15-11-13(24)7-8-14(15)16(20)9-10-17(18)21;1-2/h3-8,11,16,24H,2,9-10H2,1H3,(H2,22,23,25);1-2H3/b5-3-,12-6+;. The van der Waals surface area contributed by atoms with Crippen LogP contribution in [-0.2, 0) is 0 Å². The summed E-state index contributed by atoms with van der Waals surface area (Å²) in [5.41, 5.74) is 2.43. The van der Waals surface area contributed by atoms with Gasteiger partial charge in [0.1, 0.15) is 5.75 Å². The second kappa shape index (κ2) is 11.5. The van der Waals surface area contributed by atoms with Crippen molar-refractivity contribution in [2.45, 2.75) is 39.0 Å². The van der Waals surface area contributed by atoms with Gasteiger partial charge in [-0.25, -0.2) is 4.79 Å². The Balaban J connectivity index is 0.00000176. The Morgan fingerprint density at radius 1 is 1.37 bits per heavy atom. The Kier molecular flexibility index (Phi) is 9.76. The van der Waals surface area contributed by atoms with Crippen LogP contribution >= 0.6 is 23.2 Å². The molecule has 1 unspecified atom stereocenters. The smallest absolute Gasteiger partial charge is 0.323 e. The van der Waals surface area contributed by atoms with E-state index in [-0.39, 0.29) is 11.1 Å². The molecule has 1 aromatic carbocycles. The van der Waals surface area contributed by atoms with Gasteiger partial charge in [-0.1, -0.05) is 50.2 Å². The molecule has 0 heterocycles. The number of rotatable bonds is 4. The highest BCUT2D eigenvalue weighted by Crippen LogP contribution is 2.40. The van der Waals surface area contributed by atoms with Crippen LogP contribution in [0.4, 0.5) is 4.79 Å². The Labute approximate surface area is 171 Å². The van der Waals surface area contributed by atoms with E-state index in [2.05, 4.69) is 17.2 Å². The lowest BCUT2D eigenvalue weighted by Crippen LogP contribution is -2.33. The number of allylic oxidation sites excluding steroid dienone is 5. The van der Waals surface area contributed by atoms with E-state index in [1.807, 2.05) is 26.8 Å². The summed E-state index contributed by atoms with van der Waals surface area (Å²) in [6, 6.07) is 4.42. The molecular formula is C21H26Cl2N2O2. The number of halogens is 2. The predicted molar refractivity (Wildman–Crippen MR) is 115 cm³/mol. The number of carbonyl (C=O) groups excluding carboxylic acids is 1. The summed E-state index contributed by atoms with van der Waals surface area (Å²) in [7, 11) is 0. The number of nitrogens with one attached hydrogen (secondary N) is 2. The topological polar surface area (TPSA) is 61.4 Å². The molecule has 4 nitrogen and oxygen atoms in total. The van der Waals surface area contributed by atoms with Crippen molar-refractivity contribution >= 4 is 34.9 Å². The first-order valence-corrected chi connectivity index (χ1v) is 9.67. The van der Waals surface area contributed by atoms with Gasteiger partial charge in [-0.15, -0.1) is 11.6 Å². The van der Waals surface area contributed by atoms with Crippen LogP contribution in [0.1, 0.15) is 50.1 Å². The van der Waals surface area contributed by atoms with Gasteiger partial charge in [0.25, 0.3) is 0 Å². The Morgan fingerprint density at radius 3 is 2.70 bits per heavy atom. The van der Waals surface area contributed by atoms with E-state index in [0.29, 0.717) is 34.8 Å². The highest BCUT2D eigenvalue weighted by molar-refractivity contribution is 6.33. The molecule has 0 radical (unpaired) electrons. The number of hydrogen-bond acceptors (Lipinski definition) is 2. The third-order valence-corrected chi connectivity index (χ3v) is 4.55. The average molecular weight is 409 g/mol.